The van der Waals surface area contributed by atoms with E-state index in [9.17, 15) is 18.4 Å². The number of hydrogen-bond donors (Lipinski definition) is 0. The summed E-state index contributed by atoms with van der Waals surface area (Å²) < 4.78 is 26.8. The predicted molar refractivity (Wildman–Crippen MR) is 93.6 cm³/mol. The molecule has 142 valence electrons. The van der Waals surface area contributed by atoms with Gasteiger partial charge in [0.2, 0.25) is 5.91 Å². The number of hydrogen-bond acceptors (Lipinski definition) is 2. The average molecular weight is 365 g/mol. The van der Waals surface area contributed by atoms with Crippen molar-refractivity contribution < 1.29 is 18.4 Å². The Kier molecular flexibility index (Phi) is 5.44. The maximum atomic E-state index is 13.8. The molecule has 5 nitrogen and oxygen atoms in total. The average Bonchev–Trinajstić information content (AvgIpc) is 2.91. The fraction of sp³-hybridized carbons (Fsp3) is 0.579. The van der Waals surface area contributed by atoms with Crippen molar-refractivity contribution in [1.82, 2.24) is 14.7 Å². The second-order valence-corrected chi connectivity index (χ2v) is 7.46. The molecule has 0 N–H and O–H groups in total. The number of amides is 3. The van der Waals surface area contributed by atoms with Gasteiger partial charge in [-0.25, -0.2) is 13.6 Å². The fourth-order valence-electron chi connectivity index (χ4n) is 3.94. The van der Waals surface area contributed by atoms with E-state index in [1.807, 2.05) is 9.80 Å². The monoisotopic (exact) mass is 365 g/mol. The number of aryl methyl sites for hydroxylation is 1. The molecule has 1 aromatic rings. The smallest absolute Gasteiger partial charge is 0.319 e. The molecule has 3 fully saturated rings. The highest BCUT2D eigenvalue weighted by Gasteiger charge is 2.38. The molecule has 4 rings (SSSR count). The summed E-state index contributed by atoms with van der Waals surface area (Å²) in [5.74, 6) is -0.974. The van der Waals surface area contributed by atoms with Gasteiger partial charge in [-0.15, -0.1) is 0 Å². The predicted octanol–water partition coefficient (Wildman–Crippen LogP) is 2.50. The number of carbonyl (C=O) groups excluding carboxylic acids is 2. The standard InChI is InChI=1S/C19H25F2N3O2/c1-22(2)19(26)23-10-13-3-7-16(12-23)24(11-13)18(25)8-5-14-4-6-15(20)9-17(14)21/h4,6,9,13,16H,3,5,7-8,10-12H2,1-2H3/t13-,16+/m0/s1. The summed E-state index contributed by atoms with van der Waals surface area (Å²) in [7, 11) is 3.46. The maximum absolute atomic E-state index is 13.8. The molecule has 3 amide bonds. The third-order valence-electron chi connectivity index (χ3n) is 5.31. The summed E-state index contributed by atoms with van der Waals surface area (Å²) in [6.45, 7) is 1.86. The molecule has 26 heavy (non-hydrogen) atoms. The summed E-state index contributed by atoms with van der Waals surface area (Å²) in [5, 5.41) is 0. The van der Waals surface area contributed by atoms with E-state index < -0.39 is 11.6 Å². The molecule has 0 spiro atoms. The Morgan fingerprint density at radius 3 is 2.62 bits per heavy atom. The van der Waals surface area contributed by atoms with Crippen LogP contribution in [0.2, 0.25) is 0 Å². The summed E-state index contributed by atoms with van der Waals surface area (Å²) in [4.78, 5) is 30.3. The van der Waals surface area contributed by atoms with E-state index in [-0.39, 0.29) is 36.7 Å². The zero-order chi connectivity index (χ0) is 18.8. The number of rotatable bonds is 3. The van der Waals surface area contributed by atoms with Crippen LogP contribution in [-0.4, -0.2) is 66.4 Å². The number of nitrogens with zero attached hydrogens (tertiary/aromatic N) is 3. The van der Waals surface area contributed by atoms with Gasteiger partial charge in [-0.2, -0.15) is 0 Å². The maximum Gasteiger partial charge on any atom is 0.319 e. The lowest BCUT2D eigenvalue weighted by atomic mass is 9.94. The van der Waals surface area contributed by atoms with Gasteiger partial charge in [-0.3, -0.25) is 4.79 Å². The Bertz CT molecular complexity index is 695. The van der Waals surface area contributed by atoms with Gasteiger partial charge >= 0.3 is 6.03 Å². The van der Waals surface area contributed by atoms with Gasteiger partial charge in [0.1, 0.15) is 11.6 Å². The van der Waals surface area contributed by atoms with Crippen LogP contribution in [0.1, 0.15) is 24.8 Å². The molecule has 0 aromatic heterocycles. The van der Waals surface area contributed by atoms with Crippen molar-refractivity contribution in [2.75, 3.05) is 33.7 Å². The van der Waals surface area contributed by atoms with Crippen LogP contribution in [0.5, 0.6) is 0 Å². The lowest BCUT2D eigenvalue weighted by Gasteiger charge is -2.36. The molecule has 3 aliphatic rings. The first-order valence-corrected chi connectivity index (χ1v) is 9.04. The normalized spacial score (nSPS) is 22.3. The molecule has 3 aliphatic heterocycles. The van der Waals surface area contributed by atoms with Gasteiger partial charge in [0.15, 0.2) is 0 Å². The quantitative estimate of drug-likeness (QED) is 0.826. The lowest BCUT2D eigenvalue weighted by Crippen LogP contribution is -2.48. The molecule has 2 atom stereocenters. The van der Waals surface area contributed by atoms with Crippen molar-refractivity contribution in [3.63, 3.8) is 0 Å². The number of urea groups is 1. The Morgan fingerprint density at radius 1 is 1.15 bits per heavy atom. The van der Waals surface area contributed by atoms with Crippen LogP contribution in [0.25, 0.3) is 0 Å². The molecule has 1 aromatic carbocycles. The topological polar surface area (TPSA) is 43.9 Å². The Labute approximate surface area is 152 Å². The van der Waals surface area contributed by atoms with E-state index in [2.05, 4.69) is 0 Å². The summed E-state index contributed by atoms with van der Waals surface area (Å²) in [5.41, 5.74) is 0.351. The van der Waals surface area contributed by atoms with Gasteiger partial charge in [0.25, 0.3) is 0 Å². The number of piperidine rings is 1. The Hall–Kier alpha value is -2.18. The third kappa shape index (κ3) is 3.97. The van der Waals surface area contributed by atoms with Gasteiger partial charge in [-0.05, 0) is 36.8 Å². The van der Waals surface area contributed by atoms with Crippen molar-refractivity contribution in [3.05, 3.63) is 35.4 Å². The molecule has 2 bridgehead atoms. The number of benzene rings is 1. The third-order valence-corrected chi connectivity index (χ3v) is 5.31. The number of halogens is 2. The van der Waals surface area contributed by atoms with E-state index in [0.717, 1.165) is 18.9 Å². The summed E-state index contributed by atoms with van der Waals surface area (Å²) >= 11 is 0. The zero-order valence-electron chi connectivity index (χ0n) is 15.3. The van der Waals surface area contributed by atoms with Crippen molar-refractivity contribution in [2.24, 2.45) is 5.92 Å². The lowest BCUT2D eigenvalue weighted by molar-refractivity contribution is -0.135. The number of fused-ring (bicyclic) bond motifs is 4. The van der Waals surface area contributed by atoms with Crippen LogP contribution < -0.4 is 0 Å². The minimum Gasteiger partial charge on any atom is -0.338 e. The van der Waals surface area contributed by atoms with Crippen LogP contribution in [0, 0.1) is 17.6 Å². The van der Waals surface area contributed by atoms with E-state index in [1.54, 1.807) is 19.0 Å². The molecule has 0 unspecified atom stereocenters. The summed E-state index contributed by atoms with van der Waals surface area (Å²) in [6.07, 6.45) is 2.34. The van der Waals surface area contributed by atoms with Crippen LogP contribution in [0.15, 0.2) is 18.2 Å². The molecular formula is C19H25F2N3O2. The fourth-order valence-corrected chi connectivity index (χ4v) is 3.94. The second-order valence-electron chi connectivity index (χ2n) is 7.46. The van der Waals surface area contributed by atoms with E-state index in [4.69, 9.17) is 0 Å². The first-order chi connectivity index (χ1) is 12.3. The Balaban J connectivity index is 1.64. The van der Waals surface area contributed by atoms with Crippen molar-refractivity contribution >= 4 is 11.9 Å². The second kappa shape index (κ2) is 7.60. The van der Waals surface area contributed by atoms with E-state index >= 15 is 0 Å². The first kappa shape index (κ1) is 18.6. The largest absolute Gasteiger partial charge is 0.338 e. The number of carbonyl (C=O) groups is 2. The molecule has 3 heterocycles. The Morgan fingerprint density at radius 2 is 1.92 bits per heavy atom. The molecule has 0 saturated carbocycles. The molecule has 0 radical (unpaired) electrons. The van der Waals surface area contributed by atoms with Crippen LogP contribution in [0.4, 0.5) is 13.6 Å². The van der Waals surface area contributed by atoms with Crippen LogP contribution >= 0.6 is 0 Å². The van der Waals surface area contributed by atoms with Crippen molar-refractivity contribution in [3.8, 4) is 0 Å². The molecule has 7 heteroatoms. The van der Waals surface area contributed by atoms with Crippen molar-refractivity contribution in [2.45, 2.75) is 31.7 Å². The highest BCUT2D eigenvalue weighted by Crippen LogP contribution is 2.29. The van der Waals surface area contributed by atoms with E-state index in [0.29, 0.717) is 25.2 Å². The summed E-state index contributed by atoms with van der Waals surface area (Å²) in [6, 6.07) is 3.44. The zero-order valence-corrected chi connectivity index (χ0v) is 15.3. The molecule has 3 saturated heterocycles. The first-order valence-electron chi connectivity index (χ1n) is 9.04. The van der Waals surface area contributed by atoms with Crippen LogP contribution in [-0.2, 0) is 11.2 Å². The van der Waals surface area contributed by atoms with Gasteiger partial charge in [0, 0.05) is 52.3 Å². The van der Waals surface area contributed by atoms with Gasteiger partial charge in [0.05, 0.1) is 0 Å². The highest BCUT2D eigenvalue weighted by atomic mass is 19.1. The minimum atomic E-state index is -0.618. The highest BCUT2D eigenvalue weighted by molar-refractivity contribution is 5.78. The van der Waals surface area contributed by atoms with E-state index in [1.165, 1.54) is 12.1 Å². The van der Waals surface area contributed by atoms with Gasteiger partial charge < -0.3 is 14.7 Å². The van der Waals surface area contributed by atoms with Crippen molar-refractivity contribution in [1.29, 1.82) is 0 Å². The minimum absolute atomic E-state index is 0.0169. The van der Waals surface area contributed by atoms with Gasteiger partial charge in [-0.1, -0.05) is 6.07 Å². The van der Waals surface area contributed by atoms with Crippen LogP contribution in [0.3, 0.4) is 0 Å². The molecule has 0 aliphatic carbocycles. The SMILES string of the molecule is CN(C)C(=O)N1C[C@@H]2CC[C@H](C1)N(C(=O)CCc1ccc(F)cc1F)C2. The molecular weight excluding hydrogens is 340 g/mol.